The molecule has 112 valence electrons. The Balaban J connectivity index is 3.22. The standard InChI is InChI=1S/C10H9ClF3NO4S/c1-19-9(16)5-15-20(17,18)8-3-2-6(11)4-7(8)10(12,13)14/h2-4,15H,5H2,1H3. The fourth-order valence-corrected chi connectivity index (χ4v) is 2.61. The first-order valence-corrected chi connectivity index (χ1v) is 6.87. The number of ether oxygens (including phenoxy) is 1. The summed E-state index contributed by atoms with van der Waals surface area (Å²) in [5.74, 6) is -0.934. The Hall–Kier alpha value is -1.32. The van der Waals surface area contributed by atoms with Crippen LogP contribution in [-0.2, 0) is 25.7 Å². The van der Waals surface area contributed by atoms with Gasteiger partial charge >= 0.3 is 12.1 Å². The van der Waals surface area contributed by atoms with E-state index >= 15 is 0 Å². The molecule has 1 rings (SSSR count). The quantitative estimate of drug-likeness (QED) is 0.854. The minimum Gasteiger partial charge on any atom is -0.468 e. The van der Waals surface area contributed by atoms with Gasteiger partial charge in [0.2, 0.25) is 10.0 Å². The second-order valence-corrected chi connectivity index (χ2v) is 5.71. The Morgan fingerprint density at radius 2 is 2.00 bits per heavy atom. The Kier molecular flexibility index (Phi) is 5.00. The van der Waals surface area contributed by atoms with Gasteiger partial charge in [-0.25, -0.2) is 8.42 Å². The van der Waals surface area contributed by atoms with Gasteiger partial charge in [-0.2, -0.15) is 17.9 Å². The van der Waals surface area contributed by atoms with Crippen LogP contribution in [0.15, 0.2) is 23.1 Å². The van der Waals surface area contributed by atoms with E-state index in [1.807, 2.05) is 0 Å². The van der Waals surface area contributed by atoms with Crippen LogP contribution in [0.4, 0.5) is 13.2 Å². The number of sulfonamides is 1. The van der Waals surface area contributed by atoms with E-state index < -0.39 is 39.2 Å². The first-order valence-electron chi connectivity index (χ1n) is 5.01. The third-order valence-electron chi connectivity index (χ3n) is 2.17. The van der Waals surface area contributed by atoms with Crippen LogP contribution in [-0.4, -0.2) is 28.0 Å². The molecule has 0 saturated heterocycles. The molecule has 0 heterocycles. The molecule has 0 fully saturated rings. The summed E-state index contributed by atoms with van der Waals surface area (Å²) >= 11 is 5.43. The summed E-state index contributed by atoms with van der Waals surface area (Å²) in [4.78, 5) is 9.82. The molecule has 0 amide bonds. The van der Waals surface area contributed by atoms with Crippen LogP contribution >= 0.6 is 11.6 Å². The maximum atomic E-state index is 12.8. The van der Waals surface area contributed by atoms with E-state index in [0.29, 0.717) is 12.1 Å². The van der Waals surface area contributed by atoms with E-state index in [1.54, 1.807) is 4.72 Å². The number of rotatable bonds is 4. The molecule has 0 spiro atoms. The predicted molar refractivity (Wildman–Crippen MR) is 63.7 cm³/mol. The van der Waals surface area contributed by atoms with Crippen molar-refractivity contribution in [2.45, 2.75) is 11.1 Å². The normalized spacial score (nSPS) is 12.2. The second-order valence-electron chi connectivity index (χ2n) is 3.54. The molecule has 0 atom stereocenters. The average Bonchev–Trinajstić information content (AvgIpc) is 2.34. The maximum Gasteiger partial charge on any atom is 0.417 e. The minimum absolute atomic E-state index is 0.260. The number of nitrogens with one attached hydrogen (secondary N) is 1. The lowest BCUT2D eigenvalue weighted by Crippen LogP contribution is -2.31. The van der Waals surface area contributed by atoms with Crippen LogP contribution < -0.4 is 4.72 Å². The average molecular weight is 332 g/mol. The van der Waals surface area contributed by atoms with Crippen molar-refractivity contribution in [1.29, 1.82) is 0 Å². The predicted octanol–water partition coefficient (Wildman–Crippen LogP) is 1.81. The third-order valence-corrected chi connectivity index (χ3v) is 3.87. The van der Waals surface area contributed by atoms with Crippen molar-refractivity contribution in [2.24, 2.45) is 0 Å². The van der Waals surface area contributed by atoms with Crippen LogP contribution in [0, 0.1) is 0 Å². The van der Waals surface area contributed by atoms with E-state index in [0.717, 1.165) is 13.2 Å². The Morgan fingerprint density at radius 1 is 1.40 bits per heavy atom. The Labute approximate surface area is 117 Å². The first kappa shape index (κ1) is 16.7. The minimum atomic E-state index is -4.90. The van der Waals surface area contributed by atoms with Crippen molar-refractivity contribution in [1.82, 2.24) is 4.72 Å². The van der Waals surface area contributed by atoms with Crippen LogP contribution in [0.2, 0.25) is 5.02 Å². The second kappa shape index (κ2) is 5.98. The van der Waals surface area contributed by atoms with Crippen molar-refractivity contribution in [3.8, 4) is 0 Å². The van der Waals surface area contributed by atoms with Gasteiger partial charge in [0, 0.05) is 5.02 Å². The number of carbonyl (C=O) groups is 1. The monoisotopic (exact) mass is 331 g/mol. The molecule has 0 bridgehead atoms. The lowest BCUT2D eigenvalue weighted by atomic mass is 10.2. The largest absolute Gasteiger partial charge is 0.468 e. The number of methoxy groups -OCH3 is 1. The van der Waals surface area contributed by atoms with Crippen molar-refractivity contribution >= 4 is 27.6 Å². The first-order chi connectivity index (χ1) is 9.08. The number of benzene rings is 1. The van der Waals surface area contributed by atoms with Gasteiger partial charge in [0.1, 0.15) is 6.54 Å². The molecular formula is C10H9ClF3NO4S. The molecule has 0 aliphatic rings. The zero-order valence-corrected chi connectivity index (χ0v) is 11.6. The molecule has 1 N–H and O–H groups in total. The van der Waals surface area contributed by atoms with Gasteiger partial charge in [0.25, 0.3) is 0 Å². The molecule has 1 aromatic rings. The highest BCUT2D eigenvalue weighted by Gasteiger charge is 2.37. The lowest BCUT2D eigenvalue weighted by Gasteiger charge is -2.13. The van der Waals surface area contributed by atoms with Crippen LogP contribution in [0.3, 0.4) is 0 Å². The number of alkyl halides is 3. The number of carbonyl (C=O) groups excluding carboxylic acids is 1. The Morgan fingerprint density at radius 3 is 2.50 bits per heavy atom. The molecule has 0 aromatic heterocycles. The summed E-state index contributed by atoms with van der Waals surface area (Å²) in [7, 11) is -3.51. The number of hydrogen-bond donors (Lipinski definition) is 1. The topological polar surface area (TPSA) is 72.5 Å². The van der Waals surface area contributed by atoms with Gasteiger partial charge in [-0.05, 0) is 18.2 Å². The van der Waals surface area contributed by atoms with Crippen LogP contribution in [0.1, 0.15) is 5.56 Å². The van der Waals surface area contributed by atoms with Gasteiger partial charge in [-0.15, -0.1) is 0 Å². The van der Waals surface area contributed by atoms with Crippen molar-refractivity contribution < 1.29 is 31.1 Å². The summed E-state index contributed by atoms with van der Waals surface area (Å²) in [6.07, 6.45) is -4.90. The molecule has 5 nitrogen and oxygen atoms in total. The molecule has 1 aromatic carbocycles. The molecule has 10 heteroatoms. The highest BCUT2D eigenvalue weighted by atomic mass is 35.5. The number of halogens is 4. The van der Waals surface area contributed by atoms with Crippen molar-refractivity contribution in [2.75, 3.05) is 13.7 Å². The van der Waals surface area contributed by atoms with Gasteiger partial charge in [0.15, 0.2) is 0 Å². The van der Waals surface area contributed by atoms with E-state index in [4.69, 9.17) is 11.6 Å². The van der Waals surface area contributed by atoms with E-state index in [1.165, 1.54) is 0 Å². The van der Waals surface area contributed by atoms with E-state index in [2.05, 4.69) is 4.74 Å². The molecule has 0 aliphatic carbocycles. The SMILES string of the molecule is COC(=O)CNS(=O)(=O)c1ccc(Cl)cc1C(F)(F)F. The zero-order valence-electron chi connectivity index (χ0n) is 9.99. The molecule has 0 unspecified atom stereocenters. The van der Waals surface area contributed by atoms with Crippen molar-refractivity contribution in [3.05, 3.63) is 28.8 Å². The fraction of sp³-hybridized carbons (Fsp3) is 0.300. The molecule has 0 aliphatic heterocycles. The van der Waals surface area contributed by atoms with Crippen molar-refractivity contribution in [3.63, 3.8) is 0 Å². The summed E-state index contributed by atoms with van der Waals surface area (Å²) in [6, 6.07) is 2.21. The number of esters is 1. The van der Waals surface area contributed by atoms with Gasteiger partial charge in [0.05, 0.1) is 17.6 Å². The zero-order chi connectivity index (χ0) is 15.6. The van der Waals surface area contributed by atoms with Gasteiger partial charge in [-0.1, -0.05) is 11.6 Å². The summed E-state index contributed by atoms with van der Waals surface area (Å²) in [5, 5.41) is -0.260. The van der Waals surface area contributed by atoms with Gasteiger partial charge < -0.3 is 4.74 Å². The highest BCUT2D eigenvalue weighted by molar-refractivity contribution is 7.89. The number of hydrogen-bond acceptors (Lipinski definition) is 4. The molecule has 20 heavy (non-hydrogen) atoms. The summed E-state index contributed by atoms with van der Waals surface area (Å²) < 4.78 is 67.8. The lowest BCUT2D eigenvalue weighted by molar-refractivity contribution is -0.140. The van der Waals surface area contributed by atoms with E-state index in [9.17, 15) is 26.4 Å². The summed E-state index contributed by atoms with van der Waals surface area (Å²) in [5.41, 5.74) is -1.41. The molecule has 0 saturated carbocycles. The van der Waals surface area contributed by atoms with Gasteiger partial charge in [-0.3, -0.25) is 4.79 Å². The smallest absolute Gasteiger partial charge is 0.417 e. The Bertz CT molecular complexity index is 615. The maximum absolute atomic E-state index is 12.8. The highest BCUT2D eigenvalue weighted by Crippen LogP contribution is 2.35. The van der Waals surface area contributed by atoms with Crippen LogP contribution in [0.5, 0.6) is 0 Å². The third kappa shape index (κ3) is 4.09. The van der Waals surface area contributed by atoms with E-state index in [-0.39, 0.29) is 5.02 Å². The molecular weight excluding hydrogens is 323 g/mol. The summed E-state index contributed by atoms with van der Waals surface area (Å²) in [6.45, 7) is -0.779. The molecule has 0 radical (unpaired) electrons. The van der Waals surface area contributed by atoms with Crippen LogP contribution in [0.25, 0.3) is 0 Å². The fourth-order valence-electron chi connectivity index (χ4n) is 1.26.